The summed E-state index contributed by atoms with van der Waals surface area (Å²) in [5.74, 6) is 0.945. The average molecular weight is 553 g/mol. The van der Waals surface area contributed by atoms with Crippen LogP contribution in [0.15, 0.2) is 91.0 Å². The van der Waals surface area contributed by atoms with E-state index in [-0.39, 0.29) is 0 Å². The highest BCUT2D eigenvalue weighted by molar-refractivity contribution is 6.31. The van der Waals surface area contributed by atoms with Crippen molar-refractivity contribution in [2.75, 3.05) is 22.4 Å². The van der Waals surface area contributed by atoms with Crippen LogP contribution in [0.2, 0.25) is 0 Å². The fourth-order valence-corrected chi connectivity index (χ4v) is 6.06. The van der Waals surface area contributed by atoms with E-state index in [9.17, 15) is 4.79 Å². The minimum absolute atomic E-state index is 0.404. The average Bonchev–Trinajstić information content (AvgIpc) is 3.29. The number of hydrogen-bond donors (Lipinski definition) is 0. The number of halogens is 1. The molecule has 1 spiro atoms. The topological polar surface area (TPSA) is 42.0 Å². The van der Waals surface area contributed by atoms with Crippen LogP contribution in [0.1, 0.15) is 66.6 Å². The number of fused-ring (bicyclic) bond motifs is 6. The van der Waals surface area contributed by atoms with E-state index in [1.54, 1.807) is 4.42 Å². The van der Waals surface area contributed by atoms with Crippen LogP contribution in [0.25, 0.3) is 0 Å². The Labute approximate surface area is 241 Å². The van der Waals surface area contributed by atoms with E-state index >= 15 is 0 Å². The van der Waals surface area contributed by atoms with Crippen molar-refractivity contribution in [3.05, 3.63) is 113 Å². The van der Waals surface area contributed by atoms with Gasteiger partial charge in [-0.05, 0) is 49.2 Å². The van der Waals surface area contributed by atoms with E-state index in [0.717, 1.165) is 66.8 Å². The second-order valence-corrected chi connectivity index (χ2v) is 10.7. The molecule has 40 heavy (non-hydrogen) atoms. The molecule has 0 saturated heterocycles. The molecule has 0 aromatic heterocycles. The van der Waals surface area contributed by atoms with Crippen molar-refractivity contribution in [2.45, 2.75) is 45.1 Å². The number of esters is 1. The zero-order chi connectivity index (χ0) is 27.7. The molecule has 0 atom stereocenters. The van der Waals surface area contributed by atoms with Crippen molar-refractivity contribution in [2.24, 2.45) is 0 Å². The van der Waals surface area contributed by atoms with Gasteiger partial charge in [0, 0.05) is 47.2 Å². The van der Waals surface area contributed by atoms with Crippen molar-refractivity contribution in [3.63, 3.8) is 0 Å². The molecule has 0 radical (unpaired) electrons. The Kier molecular flexibility index (Phi) is 7.16. The quantitative estimate of drug-likeness (QED) is 0.153. The molecule has 0 bridgehead atoms. The minimum Gasteiger partial charge on any atom is -0.456 e. The molecular formula is C34H33ClN2O3. The third-order valence-corrected chi connectivity index (χ3v) is 8.18. The van der Waals surface area contributed by atoms with Crippen LogP contribution in [0.4, 0.5) is 17.1 Å². The molecule has 2 heterocycles. The Balaban J connectivity index is 1.64. The Morgan fingerprint density at radius 3 is 1.90 bits per heavy atom. The zero-order valence-electron chi connectivity index (χ0n) is 22.9. The first-order valence-electron chi connectivity index (χ1n) is 14.1. The summed E-state index contributed by atoms with van der Waals surface area (Å²) in [6.45, 7) is 6.25. The number of anilines is 3. The third-order valence-electron chi connectivity index (χ3n) is 7.81. The number of ether oxygens (including phenoxy) is 2. The van der Waals surface area contributed by atoms with Gasteiger partial charge in [-0.1, -0.05) is 81.3 Å². The second kappa shape index (κ2) is 10.9. The lowest BCUT2D eigenvalue weighted by atomic mass is 9.77. The highest BCUT2D eigenvalue weighted by Gasteiger charge is 2.55. The van der Waals surface area contributed by atoms with Gasteiger partial charge in [-0.15, -0.1) is 0 Å². The van der Waals surface area contributed by atoms with Gasteiger partial charge < -0.3 is 14.4 Å². The van der Waals surface area contributed by atoms with E-state index in [2.05, 4.69) is 24.8 Å². The molecule has 2 aliphatic rings. The molecule has 4 aromatic carbocycles. The Morgan fingerprint density at radius 1 is 0.725 bits per heavy atom. The van der Waals surface area contributed by atoms with Gasteiger partial charge in [0.05, 0.1) is 16.9 Å². The number of carbonyl (C=O) groups excluding carboxylic acids is 1. The van der Waals surface area contributed by atoms with Gasteiger partial charge in [0.25, 0.3) is 0 Å². The van der Waals surface area contributed by atoms with Gasteiger partial charge in [-0.3, -0.25) is 4.42 Å². The van der Waals surface area contributed by atoms with Crippen molar-refractivity contribution in [1.29, 1.82) is 0 Å². The predicted molar refractivity (Wildman–Crippen MR) is 161 cm³/mol. The van der Waals surface area contributed by atoms with Gasteiger partial charge in [0.2, 0.25) is 0 Å². The standard InChI is InChI=1S/C34H33ClN2O3/c1-3-5-20-36(21-6-4-2)25-22-28-32(29(23-25)37(35)24-14-8-7-9-15-24)33(38)40-34(28)26-16-10-12-18-30(26)39-31-19-13-11-17-27(31)34/h7-19,22-23H,3-6,20-21H2,1-2H3. The summed E-state index contributed by atoms with van der Waals surface area (Å²) < 4.78 is 14.4. The van der Waals surface area contributed by atoms with Crippen molar-refractivity contribution < 1.29 is 14.3 Å². The maximum atomic E-state index is 14.0. The van der Waals surface area contributed by atoms with E-state index in [1.165, 1.54) is 0 Å². The van der Waals surface area contributed by atoms with E-state index < -0.39 is 11.6 Å². The molecule has 204 valence electrons. The van der Waals surface area contributed by atoms with Crippen LogP contribution in [0, 0.1) is 0 Å². The van der Waals surface area contributed by atoms with Crippen LogP contribution in [-0.2, 0) is 10.3 Å². The van der Waals surface area contributed by atoms with E-state index in [0.29, 0.717) is 22.7 Å². The first kappa shape index (κ1) is 26.3. The smallest absolute Gasteiger partial charge is 0.342 e. The maximum absolute atomic E-state index is 14.0. The normalized spacial score (nSPS) is 14.1. The van der Waals surface area contributed by atoms with Crippen molar-refractivity contribution in [3.8, 4) is 11.5 Å². The number of para-hydroxylation sites is 3. The number of rotatable bonds is 9. The molecule has 6 rings (SSSR count). The lowest BCUT2D eigenvalue weighted by molar-refractivity contribution is 0.0225. The molecule has 6 heteroatoms. The molecule has 2 aliphatic heterocycles. The highest BCUT2D eigenvalue weighted by Crippen LogP contribution is 2.58. The monoisotopic (exact) mass is 552 g/mol. The molecule has 0 saturated carbocycles. The predicted octanol–water partition coefficient (Wildman–Crippen LogP) is 8.95. The first-order chi connectivity index (χ1) is 19.6. The molecule has 0 amide bonds. The SMILES string of the molecule is CCCCN(CCCC)c1cc(N(Cl)c2ccccc2)c2c(c1)C1(OC2=O)c2ccccc2Oc2ccccc21. The minimum atomic E-state index is -1.15. The lowest BCUT2D eigenvalue weighted by Crippen LogP contribution is -2.33. The summed E-state index contributed by atoms with van der Waals surface area (Å²) in [5.41, 5.74) is 4.12. The van der Waals surface area contributed by atoms with Crippen LogP contribution < -0.4 is 14.1 Å². The zero-order valence-corrected chi connectivity index (χ0v) is 23.7. The van der Waals surface area contributed by atoms with Crippen LogP contribution in [0.3, 0.4) is 0 Å². The fourth-order valence-electron chi connectivity index (χ4n) is 5.81. The first-order valence-corrected chi connectivity index (χ1v) is 14.5. The Morgan fingerprint density at radius 2 is 1.30 bits per heavy atom. The summed E-state index contributed by atoms with van der Waals surface area (Å²) in [7, 11) is 0. The molecule has 0 aliphatic carbocycles. The summed E-state index contributed by atoms with van der Waals surface area (Å²) in [6.07, 6.45) is 4.32. The molecule has 0 N–H and O–H groups in total. The van der Waals surface area contributed by atoms with Gasteiger partial charge in [-0.25, -0.2) is 4.79 Å². The number of unbranched alkanes of at least 4 members (excludes halogenated alkanes) is 2. The molecule has 4 aromatic rings. The summed E-state index contributed by atoms with van der Waals surface area (Å²) in [6, 6.07) is 29.5. The molecule has 0 fully saturated rings. The van der Waals surface area contributed by atoms with Crippen LogP contribution in [-0.4, -0.2) is 19.1 Å². The van der Waals surface area contributed by atoms with Crippen molar-refractivity contribution in [1.82, 2.24) is 0 Å². The van der Waals surface area contributed by atoms with Crippen LogP contribution >= 0.6 is 11.8 Å². The fraction of sp³-hybridized carbons (Fsp3) is 0.265. The van der Waals surface area contributed by atoms with Crippen molar-refractivity contribution >= 4 is 34.8 Å². The summed E-state index contributed by atoms with van der Waals surface area (Å²) in [4.78, 5) is 16.4. The second-order valence-electron chi connectivity index (χ2n) is 10.4. The Hall–Kier alpha value is -3.96. The van der Waals surface area contributed by atoms with Gasteiger partial charge in [0.15, 0.2) is 5.60 Å². The van der Waals surface area contributed by atoms with E-state index in [4.69, 9.17) is 21.3 Å². The number of hydrogen-bond acceptors (Lipinski definition) is 5. The number of carbonyl (C=O) groups is 1. The van der Waals surface area contributed by atoms with Gasteiger partial charge in [0.1, 0.15) is 11.5 Å². The molecule has 0 unspecified atom stereocenters. The molecule has 5 nitrogen and oxygen atoms in total. The molecular weight excluding hydrogens is 520 g/mol. The summed E-state index contributed by atoms with van der Waals surface area (Å²) >= 11 is 7.08. The van der Waals surface area contributed by atoms with Gasteiger partial charge in [-0.2, -0.15) is 0 Å². The largest absolute Gasteiger partial charge is 0.456 e. The Bertz CT molecular complexity index is 1480. The summed E-state index contributed by atoms with van der Waals surface area (Å²) in [5, 5.41) is 0. The van der Waals surface area contributed by atoms with E-state index in [1.807, 2.05) is 84.9 Å². The number of nitrogens with zero attached hydrogens (tertiary/aromatic N) is 2. The van der Waals surface area contributed by atoms with Gasteiger partial charge >= 0.3 is 5.97 Å². The van der Waals surface area contributed by atoms with Crippen LogP contribution in [0.5, 0.6) is 11.5 Å². The lowest BCUT2D eigenvalue weighted by Gasteiger charge is -2.37. The maximum Gasteiger partial charge on any atom is 0.342 e. The third kappa shape index (κ3) is 4.29. The highest BCUT2D eigenvalue weighted by atomic mass is 35.5. The number of benzene rings is 4.